The van der Waals surface area contributed by atoms with Crippen LogP contribution < -0.4 is 0 Å². The molecule has 1 rings (SSSR count). The van der Waals surface area contributed by atoms with Gasteiger partial charge < -0.3 is 4.74 Å². The molecule has 106 valence electrons. The van der Waals surface area contributed by atoms with Crippen LogP contribution in [0.1, 0.15) is 58.8 Å². The molecule has 0 unspecified atom stereocenters. The van der Waals surface area contributed by atoms with Crippen LogP contribution in [0.3, 0.4) is 0 Å². The van der Waals surface area contributed by atoms with Crippen LogP contribution in [-0.4, -0.2) is 18.4 Å². The molecule has 0 atom stereocenters. The summed E-state index contributed by atoms with van der Waals surface area (Å²) in [6.45, 7) is 4.38. The van der Waals surface area contributed by atoms with Crippen molar-refractivity contribution in [1.29, 1.82) is 0 Å². The van der Waals surface area contributed by atoms with E-state index in [-0.39, 0.29) is 11.4 Å². The monoisotopic (exact) mass is 264 g/mol. The van der Waals surface area contributed by atoms with Gasteiger partial charge in [0, 0.05) is 6.42 Å². The SMILES string of the molecule is CCCCCCCCOC(=O)C1=C(C)C=CCC1=O. The first-order valence-corrected chi connectivity index (χ1v) is 7.24. The third-order valence-corrected chi connectivity index (χ3v) is 3.28. The average molecular weight is 264 g/mol. The summed E-state index contributed by atoms with van der Waals surface area (Å²) in [6, 6.07) is 0. The molecule has 3 heteroatoms. The minimum atomic E-state index is -0.458. The second kappa shape index (κ2) is 8.68. The molecular weight excluding hydrogens is 240 g/mol. The Morgan fingerprint density at radius 1 is 1.21 bits per heavy atom. The van der Waals surface area contributed by atoms with E-state index in [1.54, 1.807) is 13.0 Å². The zero-order valence-corrected chi connectivity index (χ0v) is 12.0. The maximum absolute atomic E-state index is 11.8. The third kappa shape index (κ3) is 5.41. The van der Waals surface area contributed by atoms with Gasteiger partial charge in [-0.15, -0.1) is 0 Å². The summed E-state index contributed by atoms with van der Waals surface area (Å²) in [6.07, 6.45) is 10.8. The molecule has 1 aliphatic carbocycles. The normalized spacial score (nSPS) is 14.9. The second-order valence-corrected chi connectivity index (χ2v) is 4.99. The molecule has 0 saturated carbocycles. The maximum Gasteiger partial charge on any atom is 0.342 e. The molecule has 1 aliphatic rings. The predicted molar refractivity (Wildman–Crippen MR) is 75.8 cm³/mol. The van der Waals surface area contributed by atoms with E-state index in [0.717, 1.165) is 12.8 Å². The predicted octanol–water partition coefficient (Wildman–Crippen LogP) is 3.74. The first-order valence-electron chi connectivity index (χ1n) is 7.24. The number of unbranched alkanes of at least 4 members (excludes halogenated alkanes) is 5. The molecule has 0 aromatic carbocycles. The molecule has 0 aromatic heterocycles. The van der Waals surface area contributed by atoms with Crippen LogP contribution in [-0.2, 0) is 14.3 Å². The fourth-order valence-corrected chi connectivity index (χ4v) is 2.14. The molecule has 0 spiro atoms. The van der Waals surface area contributed by atoms with Gasteiger partial charge in [0.05, 0.1) is 6.61 Å². The Morgan fingerprint density at radius 2 is 1.89 bits per heavy atom. The summed E-state index contributed by atoms with van der Waals surface area (Å²) >= 11 is 0. The van der Waals surface area contributed by atoms with Gasteiger partial charge in [-0.3, -0.25) is 4.79 Å². The molecule has 0 bridgehead atoms. The number of carbonyl (C=O) groups excluding carboxylic acids is 2. The van der Waals surface area contributed by atoms with Gasteiger partial charge in [0.2, 0.25) is 0 Å². The van der Waals surface area contributed by atoms with E-state index in [4.69, 9.17) is 4.74 Å². The molecule has 0 amide bonds. The molecule has 0 heterocycles. The van der Waals surface area contributed by atoms with Crippen LogP contribution in [0.25, 0.3) is 0 Å². The van der Waals surface area contributed by atoms with Crippen LogP contribution in [0, 0.1) is 0 Å². The van der Waals surface area contributed by atoms with Crippen LogP contribution >= 0.6 is 0 Å². The van der Waals surface area contributed by atoms with Gasteiger partial charge in [-0.05, 0) is 18.9 Å². The number of hydrogen-bond donors (Lipinski definition) is 0. The van der Waals surface area contributed by atoms with Crippen molar-refractivity contribution in [3.8, 4) is 0 Å². The van der Waals surface area contributed by atoms with Crippen molar-refractivity contribution < 1.29 is 14.3 Å². The van der Waals surface area contributed by atoms with Gasteiger partial charge in [-0.25, -0.2) is 4.79 Å². The number of ketones is 1. The highest BCUT2D eigenvalue weighted by Crippen LogP contribution is 2.17. The van der Waals surface area contributed by atoms with Gasteiger partial charge in [0.25, 0.3) is 0 Å². The van der Waals surface area contributed by atoms with Gasteiger partial charge in [-0.1, -0.05) is 51.2 Å². The van der Waals surface area contributed by atoms with Crippen LogP contribution in [0.2, 0.25) is 0 Å². The van der Waals surface area contributed by atoms with Crippen molar-refractivity contribution in [2.24, 2.45) is 0 Å². The Hall–Kier alpha value is -1.38. The minimum Gasteiger partial charge on any atom is -0.462 e. The highest BCUT2D eigenvalue weighted by atomic mass is 16.5. The lowest BCUT2D eigenvalue weighted by atomic mass is 9.97. The van der Waals surface area contributed by atoms with Crippen molar-refractivity contribution in [1.82, 2.24) is 0 Å². The van der Waals surface area contributed by atoms with Crippen LogP contribution in [0.15, 0.2) is 23.3 Å². The van der Waals surface area contributed by atoms with Crippen LogP contribution in [0.4, 0.5) is 0 Å². The van der Waals surface area contributed by atoms with E-state index in [1.165, 1.54) is 25.7 Å². The number of ether oxygens (including phenoxy) is 1. The molecule has 0 N–H and O–H groups in total. The fourth-order valence-electron chi connectivity index (χ4n) is 2.14. The summed E-state index contributed by atoms with van der Waals surface area (Å²) in [5.41, 5.74) is 0.942. The molecule has 0 aromatic rings. The molecule has 0 fully saturated rings. The number of esters is 1. The van der Waals surface area contributed by atoms with Crippen molar-refractivity contribution in [2.75, 3.05) is 6.61 Å². The summed E-state index contributed by atoms with van der Waals surface area (Å²) in [4.78, 5) is 23.5. The van der Waals surface area contributed by atoms with Crippen molar-refractivity contribution >= 4 is 11.8 Å². The maximum atomic E-state index is 11.8. The Kier molecular flexibility index (Phi) is 7.16. The fraction of sp³-hybridized carbons (Fsp3) is 0.625. The van der Waals surface area contributed by atoms with Crippen molar-refractivity contribution in [3.63, 3.8) is 0 Å². The number of Topliss-reactive ketones (excluding diaryl/α,β-unsaturated/α-hetero) is 1. The Balaban J connectivity index is 2.24. The van der Waals surface area contributed by atoms with Gasteiger partial charge >= 0.3 is 5.97 Å². The Morgan fingerprint density at radius 3 is 2.58 bits per heavy atom. The lowest BCUT2D eigenvalue weighted by molar-refractivity contribution is -0.140. The molecule has 0 aliphatic heterocycles. The van der Waals surface area contributed by atoms with E-state index in [0.29, 0.717) is 18.6 Å². The van der Waals surface area contributed by atoms with Gasteiger partial charge in [0.15, 0.2) is 5.78 Å². The van der Waals surface area contributed by atoms with E-state index in [9.17, 15) is 9.59 Å². The number of rotatable bonds is 8. The highest BCUT2D eigenvalue weighted by molar-refractivity contribution is 6.19. The summed E-state index contributed by atoms with van der Waals surface area (Å²) in [7, 11) is 0. The lowest BCUT2D eigenvalue weighted by Gasteiger charge is -2.11. The summed E-state index contributed by atoms with van der Waals surface area (Å²) in [5.74, 6) is -0.589. The van der Waals surface area contributed by atoms with Crippen molar-refractivity contribution in [2.45, 2.75) is 58.8 Å². The van der Waals surface area contributed by atoms with E-state index in [1.807, 2.05) is 6.08 Å². The Labute approximate surface area is 115 Å². The lowest BCUT2D eigenvalue weighted by Crippen LogP contribution is -2.19. The second-order valence-electron chi connectivity index (χ2n) is 4.99. The highest BCUT2D eigenvalue weighted by Gasteiger charge is 2.22. The molecule has 3 nitrogen and oxygen atoms in total. The average Bonchev–Trinajstić information content (AvgIpc) is 2.37. The summed E-state index contributed by atoms with van der Waals surface area (Å²) < 4.78 is 5.18. The Bertz CT molecular complexity index is 377. The zero-order valence-electron chi connectivity index (χ0n) is 12.0. The number of allylic oxidation sites excluding steroid dienone is 3. The standard InChI is InChI=1S/C16H24O3/c1-3-4-5-6-7-8-12-19-16(18)15-13(2)10-9-11-14(15)17/h9-10H,3-8,11-12H2,1-2H3. The quantitative estimate of drug-likeness (QED) is 0.381. The topological polar surface area (TPSA) is 43.4 Å². The first kappa shape index (κ1) is 15.7. The molecule has 0 saturated heterocycles. The first-order chi connectivity index (χ1) is 9.16. The molecule has 19 heavy (non-hydrogen) atoms. The zero-order chi connectivity index (χ0) is 14.1. The largest absolute Gasteiger partial charge is 0.462 e. The van der Waals surface area contributed by atoms with E-state index < -0.39 is 5.97 Å². The number of carbonyl (C=O) groups is 2. The number of hydrogen-bond acceptors (Lipinski definition) is 3. The van der Waals surface area contributed by atoms with Crippen molar-refractivity contribution in [3.05, 3.63) is 23.3 Å². The smallest absolute Gasteiger partial charge is 0.342 e. The molecular formula is C16H24O3. The minimum absolute atomic E-state index is 0.132. The van der Waals surface area contributed by atoms with Gasteiger partial charge in [0.1, 0.15) is 5.57 Å². The van der Waals surface area contributed by atoms with Crippen LogP contribution in [0.5, 0.6) is 0 Å². The molecule has 0 radical (unpaired) electrons. The summed E-state index contributed by atoms with van der Waals surface area (Å²) in [5, 5.41) is 0. The van der Waals surface area contributed by atoms with Gasteiger partial charge in [-0.2, -0.15) is 0 Å². The van der Waals surface area contributed by atoms with E-state index >= 15 is 0 Å². The third-order valence-electron chi connectivity index (χ3n) is 3.28. The van der Waals surface area contributed by atoms with E-state index in [2.05, 4.69) is 6.92 Å².